The number of aliphatic hydroxyl groups is 1. The van der Waals surface area contributed by atoms with E-state index < -0.39 is 0 Å². The van der Waals surface area contributed by atoms with Crippen molar-refractivity contribution >= 4 is 17.2 Å². The van der Waals surface area contributed by atoms with Crippen molar-refractivity contribution in [2.24, 2.45) is 0 Å². The molecule has 0 aliphatic carbocycles. The van der Waals surface area contributed by atoms with E-state index in [1.807, 2.05) is 45.0 Å². The first-order valence-corrected chi connectivity index (χ1v) is 9.03. The number of hydrogen-bond acceptors (Lipinski definition) is 5. The summed E-state index contributed by atoms with van der Waals surface area (Å²) in [6.45, 7) is 6.48. The number of aromatic nitrogens is 1. The Balaban J connectivity index is 2.15. The Labute approximate surface area is 146 Å². The highest BCUT2D eigenvalue weighted by atomic mass is 32.1. The largest absolute Gasteiger partial charge is 0.494 e. The molecule has 130 valence electrons. The summed E-state index contributed by atoms with van der Waals surface area (Å²) < 4.78 is 5.44. The summed E-state index contributed by atoms with van der Waals surface area (Å²) in [5, 5.41) is 12.8. The summed E-state index contributed by atoms with van der Waals surface area (Å²) in [5.41, 5.74) is 1.69. The van der Waals surface area contributed by atoms with E-state index >= 15 is 0 Å². The Kier molecular flexibility index (Phi) is 6.75. The molecule has 2 aromatic rings. The van der Waals surface area contributed by atoms with Crippen LogP contribution in [0.4, 0.5) is 0 Å². The third-order valence-corrected chi connectivity index (χ3v) is 4.93. The van der Waals surface area contributed by atoms with Gasteiger partial charge < -0.3 is 15.2 Å². The third-order valence-electron chi connectivity index (χ3n) is 3.72. The average Bonchev–Trinajstić information content (AvgIpc) is 2.97. The van der Waals surface area contributed by atoms with E-state index in [1.165, 1.54) is 11.3 Å². The maximum absolute atomic E-state index is 12.5. The second-order valence-electron chi connectivity index (χ2n) is 5.48. The molecular formula is C18H24N2O3S. The fourth-order valence-electron chi connectivity index (χ4n) is 2.38. The number of aliphatic hydroxyl groups excluding tert-OH is 1. The van der Waals surface area contributed by atoms with Crippen LogP contribution in [0.5, 0.6) is 5.75 Å². The lowest BCUT2D eigenvalue weighted by Crippen LogP contribution is -2.34. The van der Waals surface area contributed by atoms with Crippen molar-refractivity contribution in [1.29, 1.82) is 0 Å². The number of aryl methyl sites for hydroxylation is 1. The minimum atomic E-state index is -0.123. The van der Waals surface area contributed by atoms with Crippen LogP contribution in [-0.2, 0) is 0 Å². The smallest absolute Gasteiger partial charge is 0.263 e. The minimum absolute atomic E-state index is 0.0158. The molecular weight excluding hydrogens is 324 g/mol. The van der Waals surface area contributed by atoms with Crippen LogP contribution in [0, 0.1) is 6.92 Å². The van der Waals surface area contributed by atoms with Crippen LogP contribution in [0.15, 0.2) is 24.3 Å². The number of nitrogens with zero attached hydrogens (tertiary/aromatic N) is 1. The van der Waals surface area contributed by atoms with Gasteiger partial charge in [0.15, 0.2) is 0 Å². The number of carbonyl (C=O) groups excluding carboxylic acids is 1. The topological polar surface area (TPSA) is 71.5 Å². The van der Waals surface area contributed by atoms with E-state index in [0.29, 0.717) is 17.9 Å². The molecule has 0 fully saturated rings. The number of rotatable bonds is 8. The number of nitrogens with one attached hydrogen (secondary N) is 1. The second-order valence-corrected chi connectivity index (χ2v) is 6.48. The zero-order valence-corrected chi connectivity index (χ0v) is 15.2. The van der Waals surface area contributed by atoms with Gasteiger partial charge in [0.05, 0.1) is 12.3 Å². The molecule has 1 aromatic heterocycles. The molecule has 1 aromatic carbocycles. The van der Waals surface area contributed by atoms with E-state index in [9.17, 15) is 4.79 Å². The fraction of sp³-hybridized carbons (Fsp3) is 0.444. The molecule has 0 spiro atoms. The van der Waals surface area contributed by atoms with E-state index in [-0.39, 0.29) is 18.6 Å². The lowest BCUT2D eigenvalue weighted by molar-refractivity contribution is 0.0932. The van der Waals surface area contributed by atoms with E-state index in [0.717, 1.165) is 28.4 Å². The van der Waals surface area contributed by atoms with Crippen LogP contribution in [0.3, 0.4) is 0 Å². The SMILES string of the molecule is CCOc1ccc(-c2nc(C)c(C(=O)NC(CC)CCO)s2)cc1. The van der Waals surface area contributed by atoms with Gasteiger partial charge in [-0.05, 0) is 51.0 Å². The van der Waals surface area contributed by atoms with Crippen LogP contribution < -0.4 is 10.1 Å². The van der Waals surface area contributed by atoms with E-state index in [1.54, 1.807) is 0 Å². The highest BCUT2D eigenvalue weighted by Crippen LogP contribution is 2.29. The van der Waals surface area contributed by atoms with Gasteiger partial charge in [0.25, 0.3) is 5.91 Å². The summed E-state index contributed by atoms with van der Waals surface area (Å²) in [4.78, 5) is 17.6. The Morgan fingerprint density at radius 1 is 1.33 bits per heavy atom. The van der Waals surface area contributed by atoms with Gasteiger partial charge in [0.2, 0.25) is 0 Å². The van der Waals surface area contributed by atoms with Crippen molar-refractivity contribution in [3.8, 4) is 16.3 Å². The van der Waals surface area contributed by atoms with Crippen LogP contribution in [0.1, 0.15) is 42.1 Å². The number of thiazole rings is 1. The summed E-state index contributed by atoms with van der Waals surface area (Å²) in [7, 11) is 0. The fourth-order valence-corrected chi connectivity index (χ4v) is 3.35. The molecule has 1 heterocycles. The Morgan fingerprint density at radius 3 is 2.62 bits per heavy atom. The van der Waals surface area contributed by atoms with Crippen molar-refractivity contribution in [3.05, 3.63) is 34.8 Å². The molecule has 0 aliphatic heterocycles. The summed E-state index contributed by atoms with van der Waals surface area (Å²) in [5.74, 6) is 0.699. The molecule has 2 rings (SSSR count). The Morgan fingerprint density at radius 2 is 2.04 bits per heavy atom. The molecule has 2 N–H and O–H groups in total. The Bertz CT molecular complexity index is 667. The molecule has 24 heavy (non-hydrogen) atoms. The number of amides is 1. The van der Waals surface area contributed by atoms with Gasteiger partial charge in [-0.25, -0.2) is 4.98 Å². The molecule has 0 saturated carbocycles. The lowest BCUT2D eigenvalue weighted by atomic mass is 10.1. The quantitative estimate of drug-likeness (QED) is 0.767. The van der Waals surface area contributed by atoms with Crippen LogP contribution in [-0.4, -0.2) is 35.3 Å². The monoisotopic (exact) mass is 348 g/mol. The molecule has 0 aliphatic rings. The number of ether oxygens (including phenoxy) is 1. The van der Waals surface area contributed by atoms with Crippen molar-refractivity contribution in [1.82, 2.24) is 10.3 Å². The van der Waals surface area contributed by atoms with Crippen molar-refractivity contribution < 1.29 is 14.6 Å². The van der Waals surface area contributed by atoms with Crippen LogP contribution in [0.25, 0.3) is 10.6 Å². The highest BCUT2D eigenvalue weighted by Gasteiger charge is 2.18. The van der Waals surface area contributed by atoms with Gasteiger partial charge in [-0.15, -0.1) is 11.3 Å². The first kappa shape index (κ1) is 18.4. The number of hydrogen-bond donors (Lipinski definition) is 2. The molecule has 0 radical (unpaired) electrons. The molecule has 1 atom stereocenters. The molecule has 1 amide bonds. The van der Waals surface area contributed by atoms with E-state index in [4.69, 9.17) is 9.84 Å². The zero-order chi connectivity index (χ0) is 17.5. The van der Waals surface area contributed by atoms with Gasteiger partial charge >= 0.3 is 0 Å². The summed E-state index contributed by atoms with van der Waals surface area (Å²) in [6.07, 6.45) is 1.35. The minimum Gasteiger partial charge on any atom is -0.494 e. The maximum atomic E-state index is 12.5. The lowest BCUT2D eigenvalue weighted by Gasteiger charge is -2.14. The van der Waals surface area contributed by atoms with Crippen molar-refractivity contribution in [2.45, 2.75) is 39.7 Å². The zero-order valence-electron chi connectivity index (χ0n) is 14.3. The van der Waals surface area contributed by atoms with Gasteiger partial charge in [-0.2, -0.15) is 0 Å². The predicted molar refractivity (Wildman–Crippen MR) is 96.7 cm³/mol. The normalized spacial score (nSPS) is 12.0. The Hall–Kier alpha value is -1.92. The summed E-state index contributed by atoms with van der Waals surface area (Å²) >= 11 is 1.38. The predicted octanol–water partition coefficient (Wildman–Crippen LogP) is 3.41. The molecule has 5 nitrogen and oxygen atoms in total. The molecule has 1 unspecified atom stereocenters. The van der Waals surface area contributed by atoms with Crippen LogP contribution in [0.2, 0.25) is 0 Å². The molecule has 0 bridgehead atoms. The van der Waals surface area contributed by atoms with E-state index in [2.05, 4.69) is 10.3 Å². The van der Waals surface area contributed by atoms with Gasteiger partial charge in [-0.1, -0.05) is 6.92 Å². The van der Waals surface area contributed by atoms with Gasteiger partial charge in [0, 0.05) is 18.2 Å². The van der Waals surface area contributed by atoms with Crippen LogP contribution >= 0.6 is 11.3 Å². The standard InChI is InChI=1S/C18H24N2O3S/c1-4-14(10-11-21)20-17(22)16-12(3)19-18(24-16)13-6-8-15(9-7-13)23-5-2/h6-9,14,21H,4-5,10-11H2,1-3H3,(H,20,22). The molecule has 0 saturated heterocycles. The number of carbonyl (C=O) groups is 1. The van der Waals surface area contributed by atoms with Crippen molar-refractivity contribution in [2.75, 3.05) is 13.2 Å². The number of benzene rings is 1. The molecule has 6 heteroatoms. The maximum Gasteiger partial charge on any atom is 0.263 e. The highest BCUT2D eigenvalue weighted by molar-refractivity contribution is 7.17. The van der Waals surface area contributed by atoms with Gasteiger partial charge in [-0.3, -0.25) is 4.79 Å². The van der Waals surface area contributed by atoms with Crippen molar-refractivity contribution in [3.63, 3.8) is 0 Å². The first-order valence-electron chi connectivity index (χ1n) is 8.21. The first-order chi connectivity index (χ1) is 11.6. The second kappa shape index (κ2) is 8.80. The van der Waals surface area contributed by atoms with Gasteiger partial charge in [0.1, 0.15) is 15.6 Å². The average molecular weight is 348 g/mol. The summed E-state index contributed by atoms with van der Waals surface area (Å²) in [6, 6.07) is 7.70. The third kappa shape index (κ3) is 4.55.